The number of piperazine rings is 1. The summed E-state index contributed by atoms with van der Waals surface area (Å²) < 4.78 is 0. The Balaban J connectivity index is 1.82. The molecule has 7 nitrogen and oxygen atoms in total. The highest BCUT2D eigenvalue weighted by Crippen LogP contribution is 2.18. The smallest absolute Gasteiger partial charge is 0.274 e. The standard InChI is InChI=1S/C18H20N6O/c1-13-20-16(11-17(21-13)24-9-7-23(2)8-10-24)18(25)22-15-6-4-3-5-14(15)12-19/h3-6,11H,7-10H2,1-2H3,(H,22,25). The second kappa shape index (κ2) is 7.28. The normalized spacial score (nSPS) is 14.8. The van der Waals surface area contributed by atoms with Crippen LogP contribution >= 0.6 is 0 Å². The fourth-order valence-electron chi connectivity index (χ4n) is 2.74. The van der Waals surface area contributed by atoms with Gasteiger partial charge < -0.3 is 15.1 Å². The van der Waals surface area contributed by atoms with Crippen LogP contribution in [0.3, 0.4) is 0 Å². The van der Waals surface area contributed by atoms with Gasteiger partial charge in [-0.25, -0.2) is 9.97 Å². The lowest BCUT2D eigenvalue weighted by Gasteiger charge is -2.33. The number of aromatic nitrogens is 2. The summed E-state index contributed by atoms with van der Waals surface area (Å²) >= 11 is 0. The van der Waals surface area contributed by atoms with E-state index in [2.05, 4.69) is 38.2 Å². The maximum atomic E-state index is 12.6. The van der Waals surface area contributed by atoms with E-state index in [0.29, 0.717) is 22.8 Å². The first-order valence-corrected chi connectivity index (χ1v) is 8.16. The number of hydrogen-bond acceptors (Lipinski definition) is 6. The van der Waals surface area contributed by atoms with Crippen molar-refractivity contribution in [1.29, 1.82) is 5.26 Å². The quantitative estimate of drug-likeness (QED) is 0.917. The lowest BCUT2D eigenvalue weighted by molar-refractivity contribution is 0.102. The number of nitrogens with zero attached hydrogens (tertiary/aromatic N) is 5. The molecule has 128 valence electrons. The van der Waals surface area contributed by atoms with E-state index < -0.39 is 0 Å². The summed E-state index contributed by atoms with van der Waals surface area (Å²) in [4.78, 5) is 25.7. The van der Waals surface area contributed by atoms with Gasteiger partial charge in [-0.1, -0.05) is 12.1 Å². The molecule has 1 aromatic carbocycles. The number of carbonyl (C=O) groups excluding carboxylic acids is 1. The maximum absolute atomic E-state index is 12.6. The van der Waals surface area contributed by atoms with Crippen LogP contribution in [0, 0.1) is 18.3 Å². The second-order valence-corrected chi connectivity index (χ2v) is 6.06. The zero-order valence-corrected chi connectivity index (χ0v) is 14.4. The van der Waals surface area contributed by atoms with Crippen molar-refractivity contribution in [2.45, 2.75) is 6.92 Å². The Bertz CT molecular complexity index is 821. The summed E-state index contributed by atoms with van der Waals surface area (Å²) in [6.45, 7) is 5.43. The molecule has 1 amide bonds. The molecule has 1 fully saturated rings. The molecule has 1 N–H and O–H groups in total. The largest absolute Gasteiger partial charge is 0.354 e. The summed E-state index contributed by atoms with van der Waals surface area (Å²) in [5, 5.41) is 11.9. The number of anilines is 2. The van der Waals surface area contributed by atoms with Gasteiger partial charge in [-0.05, 0) is 26.1 Å². The van der Waals surface area contributed by atoms with Gasteiger partial charge in [0, 0.05) is 32.2 Å². The molecule has 0 aliphatic carbocycles. The molecule has 3 rings (SSSR count). The van der Waals surface area contributed by atoms with Gasteiger partial charge in [-0.2, -0.15) is 5.26 Å². The molecule has 0 radical (unpaired) electrons. The summed E-state index contributed by atoms with van der Waals surface area (Å²) in [6, 6.07) is 10.7. The Hall–Kier alpha value is -2.98. The number of likely N-dealkylation sites (N-methyl/N-ethyl adjacent to an activating group) is 1. The van der Waals surface area contributed by atoms with Crippen LogP contribution in [0.4, 0.5) is 11.5 Å². The lowest BCUT2D eigenvalue weighted by Crippen LogP contribution is -2.45. The van der Waals surface area contributed by atoms with Crippen molar-refractivity contribution in [3.8, 4) is 6.07 Å². The number of benzene rings is 1. The van der Waals surface area contributed by atoms with Gasteiger partial charge in [0.05, 0.1) is 11.3 Å². The molecule has 2 aromatic rings. The van der Waals surface area contributed by atoms with Crippen LogP contribution < -0.4 is 10.2 Å². The van der Waals surface area contributed by atoms with Crippen LogP contribution in [-0.2, 0) is 0 Å². The van der Waals surface area contributed by atoms with Crippen LogP contribution in [0.25, 0.3) is 0 Å². The van der Waals surface area contributed by atoms with Gasteiger partial charge in [0.25, 0.3) is 5.91 Å². The third-order valence-corrected chi connectivity index (χ3v) is 4.18. The predicted octanol–water partition coefficient (Wildman–Crippen LogP) is 1.66. The van der Waals surface area contributed by atoms with Gasteiger partial charge >= 0.3 is 0 Å². The minimum atomic E-state index is -0.344. The highest BCUT2D eigenvalue weighted by Gasteiger charge is 2.19. The highest BCUT2D eigenvalue weighted by atomic mass is 16.1. The van der Waals surface area contributed by atoms with Crippen molar-refractivity contribution in [2.75, 3.05) is 43.4 Å². The number of rotatable bonds is 3. The van der Waals surface area contributed by atoms with E-state index in [9.17, 15) is 4.79 Å². The van der Waals surface area contributed by atoms with E-state index in [1.165, 1.54) is 0 Å². The van der Waals surface area contributed by atoms with E-state index in [1.807, 2.05) is 0 Å². The first-order valence-electron chi connectivity index (χ1n) is 8.16. The van der Waals surface area contributed by atoms with Gasteiger partial charge in [-0.3, -0.25) is 4.79 Å². The maximum Gasteiger partial charge on any atom is 0.274 e. The Morgan fingerprint density at radius 2 is 1.92 bits per heavy atom. The molecule has 1 aromatic heterocycles. The highest BCUT2D eigenvalue weighted by molar-refractivity contribution is 6.04. The molecule has 2 heterocycles. The van der Waals surface area contributed by atoms with E-state index in [-0.39, 0.29) is 5.91 Å². The van der Waals surface area contributed by atoms with Gasteiger partial charge in [-0.15, -0.1) is 0 Å². The van der Waals surface area contributed by atoms with E-state index in [4.69, 9.17) is 5.26 Å². The van der Waals surface area contributed by atoms with E-state index in [0.717, 1.165) is 32.0 Å². The van der Waals surface area contributed by atoms with Crippen LogP contribution in [0.2, 0.25) is 0 Å². The molecule has 0 unspecified atom stereocenters. The summed E-state index contributed by atoms with van der Waals surface area (Å²) in [5.41, 5.74) is 1.20. The van der Waals surface area contributed by atoms with Gasteiger partial charge in [0.15, 0.2) is 0 Å². The van der Waals surface area contributed by atoms with E-state index >= 15 is 0 Å². The number of nitriles is 1. The van der Waals surface area contributed by atoms with Gasteiger partial charge in [0.2, 0.25) is 0 Å². The molecular formula is C18H20N6O. The molecule has 25 heavy (non-hydrogen) atoms. The molecule has 0 bridgehead atoms. The lowest BCUT2D eigenvalue weighted by atomic mass is 10.2. The average molecular weight is 336 g/mol. The molecule has 1 aliphatic heterocycles. The van der Waals surface area contributed by atoms with Crippen LogP contribution in [0.15, 0.2) is 30.3 Å². The first-order chi connectivity index (χ1) is 12.1. The minimum absolute atomic E-state index is 0.300. The number of nitrogens with one attached hydrogen (secondary N) is 1. The molecule has 0 spiro atoms. The van der Waals surface area contributed by atoms with Crippen molar-refractivity contribution >= 4 is 17.4 Å². The third-order valence-electron chi connectivity index (χ3n) is 4.18. The van der Waals surface area contributed by atoms with Crippen molar-refractivity contribution in [3.63, 3.8) is 0 Å². The Kier molecular flexibility index (Phi) is 4.91. The second-order valence-electron chi connectivity index (χ2n) is 6.06. The van der Waals surface area contributed by atoms with Crippen LogP contribution in [-0.4, -0.2) is 54.0 Å². The Morgan fingerprint density at radius 1 is 1.20 bits per heavy atom. The molecule has 0 saturated carbocycles. The van der Waals surface area contributed by atoms with Gasteiger partial charge in [0.1, 0.15) is 23.4 Å². The topological polar surface area (TPSA) is 85.1 Å². The number of para-hydroxylation sites is 1. The molecular weight excluding hydrogens is 316 g/mol. The zero-order chi connectivity index (χ0) is 17.8. The SMILES string of the molecule is Cc1nc(C(=O)Nc2ccccc2C#N)cc(N2CCN(C)CC2)n1. The molecule has 7 heteroatoms. The Labute approximate surface area is 146 Å². The number of hydrogen-bond donors (Lipinski definition) is 1. The molecule has 1 saturated heterocycles. The summed E-state index contributed by atoms with van der Waals surface area (Å²) in [5.74, 6) is 0.970. The molecule has 0 atom stereocenters. The minimum Gasteiger partial charge on any atom is -0.354 e. The average Bonchev–Trinajstić information content (AvgIpc) is 2.62. The zero-order valence-electron chi connectivity index (χ0n) is 14.4. The van der Waals surface area contributed by atoms with Crippen molar-refractivity contribution in [2.24, 2.45) is 0 Å². The van der Waals surface area contributed by atoms with Crippen LogP contribution in [0.1, 0.15) is 21.9 Å². The third kappa shape index (κ3) is 3.92. The summed E-state index contributed by atoms with van der Waals surface area (Å²) in [7, 11) is 2.09. The predicted molar refractivity (Wildman–Crippen MR) is 95.6 cm³/mol. The first kappa shape index (κ1) is 16.9. The number of aryl methyl sites for hydroxylation is 1. The fourth-order valence-corrected chi connectivity index (χ4v) is 2.74. The Morgan fingerprint density at radius 3 is 2.64 bits per heavy atom. The van der Waals surface area contributed by atoms with E-state index in [1.54, 1.807) is 37.3 Å². The molecule has 1 aliphatic rings. The number of carbonyl (C=O) groups is 1. The van der Waals surface area contributed by atoms with Crippen molar-refractivity contribution < 1.29 is 4.79 Å². The fraction of sp³-hybridized carbons (Fsp3) is 0.333. The van der Waals surface area contributed by atoms with Crippen LogP contribution in [0.5, 0.6) is 0 Å². The summed E-state index contributed by atoms with van der Waals surface area (Å²) in [6.07, 6.45) is 0. The van der Waals surface area contributed by atoms with Crippen molar-refractivity contribution in [3.05, 3.63) is 47.4 Å². The number of amides is 1. The monoisotopic (exact) mass is 336 g/mol. The van der Waals surface area contributed by atoms with Crippen molar-refractivity contribution in [1.82, 2.24) is 14.9 Å².